The Bertz CT molecular complexity index is 1080. The molecule has 0 saturated heterocycles. The van der Waals surface area contributed by atoms with Crippen molar-refractivity contribution in [3.63, 3.8) is 0 Å². The van der Waals surface area contributed by atoms with Crippen molar-refractivity contribution in [2.24, 2.45) is 0 Å². The monoisotopic (exact) mass is 422 g/mol. The maximum Gasteiger partial charge on any atom is 0.270 e. The van der Waals surface area contributed by atoms with Crippen LogP contribution in [-0.2, 0) is 0 Å². The van der Waals surface area contributed by atoms with Crippen LogP contribution in [0, 0.1) is 10.1 Å². The first-order chi connectivity index (χ1) is 14.5. The number of rotatable bonds is 8. The van der Waals surface area contributed by atoms with Crippen molar-refractivity contribution >= 4 is 34.8 Å². The van der Waals surface area contributed by atoms with Crippen LogP contribution < -0.4 is 10.1 Å². The van der Waals surface area contributed by atoms with Crippen LogP contribution in [0.2, 0.25) is 0 Å². The number of thioether (sulfide) groups is 1. The van der Waals surface area contributed by atoms with Crippen molar-refractivity contribution in [2.45, 2.75) is 4.90 Å². The second kappa shape index (κ2) is 9.71. The van der Waals surface area contributed by atoms with E-state index < -0.39 is 4.92 Å². The summed E-state index contributed by atoms with van der Waals surface area (Å²) in [5.74, 6) is 0.319. The lowest BCUT2D eigenvalue weighted by atomic mass is 10.1. The summed E-state index contributed by atoms with van der Waals surface area (Å²) in [5.41, 5.74) is 1.27. The molecule has 0 saturated carbocycles. The van der Waals surface area contributed by atoms with Gasteiger partial charge in [0.25, 0.3) is 11.6 Å². The van der Waals surface area contributed by atoms with Gasteiger partial charge in [0.2, 0.25) is 0 Å². The van der Waals surface area contributed by atoms with E-state index in [9.17, 15) is 19.7 Å². The standard InChI is InChI=1S/C22H18N2O5S/c1-29-19-10-8-15(9-11-19)22(26)23-17-5-3-7-20(13-17)30-14-21(25)16-4-2-6-18(12-16)24(27)28/h2-13H,14H2,1H3,(H,23,26). The lowest BCUT2D eigenvalue weighted by molar-refractivity contribution is -0.384. The van der Waals surface area contributed by atoms with E-state index in [0.717, 1.165) is 4.90 Å². The van der Waals surface area contributed by atoms with Gasteiger partial charge in [-0.2, -0.15) is 0 Å². The molecule has 3 aromatic rings. The summed E-state index contributed by atoms with van der Waals surface area (Å²) in [4.78, 5) is 35.9. The summed E-state index contributed by atoms with van der Waals surface area (Å²) in [6.45, 7) is 0. The zero-order valence-corrected chi connectivity index (χ0v) is 16.8. The topological polar surface area (TPSA) is 98.5 Å². The minimum Gasteiger partial charge on any atom is -0.497 e. The Hall–Kier alpha value is -3.65. The van der Waals surface area contributed by atoms with E-state index >= 15 is 0 Å². The van der Waals surface area contributed by atoms with E-state index in [2.05, 4.69) is 5.32 Å². The largest absolute Gasteiger partial charge is 0.497 e. The number of non-ortho nitro benzene ring substituents is 1. The molecule has 0 radical (unpaired) electrons. The predicted molar refractivity (Wildman–Crippen MR) is 116 cm³/mol. The highest BCUT2D eigenvalue weighted by Crippen LogP contribution is 2.24. The molecule has 0 aliphatic heterocycles. The van der Waals surface area contributed by atoms with Gasteiger partial charge in [0.15, 0.2) is 5.78 Å². The molecule has 0 aliphatic rings. The first-order valence-corrected chi connectivity index (χ1v) is 9.91. The third kappa shape index (κ3) is 5.45. The number of nitro groups is 1. The summed E-state index contributed by atoms with van der Waals surface area (Å²) in [7, 11) is 1.56. The number of hydrogen-bond acceptors (Lipinski definition) is 6. The summed E-state index contributed by atoms with van der Waals surface area (Å²) in [5, 5.41) is 13.7. The second-order valence-electron chi connectivity index (χ2n) is 6.23. The zero-order chi connectivity index (χ0) is 21.5. The van der Waals surface area contributed by atoms with Gasteiger partial charge in [0.1, 0.15) is 5.75 Å². The van der Waals surface area contributed by atoms with Gasteiger partial charge >= 0.3 is 0 Å². The number of carbonyl (C=O) groups is 2. The third-order valence-electron chi connectivity index (χ3n) is 4.19. The number of carbonyl (C=O) groups excluding carboxylic acids is 2. The molecule has 0 aliphatic carbocycles. The molecule has 152 valence electrons. The highest BCUT2D eigenvalue weighted by atomic mass is 32.2. The molecule has 0 unspecified atom stereocenters. The van der Waals surface area contributed by atoms with Gasteiger partial charge in [-0.05, 0) is 42.5 Å². The van der Waals surface area contributed by atoms with Crippen LogP contribution in [0.1, 0.15) is 20.7 Å². The summed E-state index contributed by atoms with van der Waals surface area (Å²) < 4.78 is 5.08. The zero-order valence-electron chi connectivity index (χ0n) is 16.0. The maximum atomic E-state index is 12.4. The molecule has 0 heterocycles. The average molecular weight is 422 g/mol. The number of hydrogen-bond donors (Lipinski definition) is 1. The van der Waals surface area contributed by atoms with E-state index in [1.807, 2.05) is 6.07 Å². The quantitative estimate of drug-likeness (QED) is 0.242. The lowest BCUT2D eigenvalue weighted by Gasteiger charge is -2.08. The Kier molecular flexibility index (Phi) is 6.82. The minimum absolute atomic E-state index is 0.117. The molecule has 30 heavy (non-hydrogen) atoms. The van der Waals surface area contributed by atoms with Crippen LogP contribution in [0.4, 0.5) is 11.4 Å². The molecule has 1 N–H and O–H groups in total. The van der Waals surface area contributed by atoms with Crippen LogP contribution in [0.5, 0.6) is 5.75 Å². The van der Waals surface area contributed by atoms with Gasteiger partial charge in [0.05, 0.1) is 17.8 Å². The average Bonchev–Trinajstić information content (AvgIpc) is 2.77. The predicted octanol–water partition coefficient (Wildman–Crippen LogP) is 4.83. The molecule has 0 atom stereocenters. The number of amides is 1. The molecule has 0 fully saturated rings. The highest BCUT2D eigenvalue weighted by molar-refractivity contribution is 8.00. The van der Waals surface area contributed by atoms with E-state index in [4.69, 9.17) is 4.74 Å². The number of nitrogens with one attached hydrogen (secondary N) is 1. The highest BCUT2D eigenvalue weighted by Gasteiger charge is 2.12. The van der Waals surface area contributed by atoms with Crippen molar-refractivity contribution < 1.29 is 19.2 Å². The number of nitro benzene ring substituents is 1. The molecular formula is C22H18N2O5S. The second-order valence-corrected chi connectivity index (χ2v) is 7.28. The van der Waals surface area contributed by atoms with Gasteiger partial charge in [-0.15, -0.1) is 11.8 Å². The van der Waals surface area contributed by atoms with Crippen molar-refractivity contribution in [1.29, 1.82) is 0 Å². The van der Waals surface area contributed by atoms with Crippen LogP contribution >= 0.6 is 11.8 Å². The van der Waals surface area contributed by atoms with Crippen molar-refractivity contribution in [2.75, 3.05) is 18.2 Å². The van der Waals surface area contributed by atoms with Crippen LogP contribution in [0.3, 0.4) is 0 Å². The summed E-state index contributed by atoms with van der Waals surface area (Å²) in [6.07, 6.45) is 0. The SMILES string of the molecule is COc1ccc(C(=O)Nc2cccc(SCC(=O)c3cccc([N+](=O)[O-])c3)c2)cc1. The van der Waals surface area contributed by atoms with Crippen LogP contribution in [0.25, 0.3) is 0 Å². The molecular weight excluding hydrogens is 404 g/mol. The molecule has 0 spiro atoms. The van der Waals surface area contributed by atoms with E-state index in [-0.39, 0.29) is 23.1 Å². The maximum absolute atomic E-state index is 12.4. The Morgan fingerprint density at radius 1 is 1.00 bits per heavy atom. The molecule has 3 aromatic carbocycles. The molecule has 3 rings (SSSR count). The minimum atomic E-state index is -0.529. The molecule has 7 nitrogen and oxygen atoms in total. The van der Waals surface area contributed by atoms with E-state index in [1.54, 1.807) is 55.6 Å². The lowest BCUT2D eigenvalue weighted by Crippen LogP contribution is -2.11. The molecule has 0 aromatic heterocycles. The Morgan fingerprint density at radius 2 is 1.73 bits per heavy atom. The van der Waals surface area contributed by atoms with Crippen molar-refractivity contribution in [1.82, 2.24) is 0 Å². The molecule has 8 heteroatoms. The number of ketones is 1. The van der Waals surface area contributed by atoms with Crippen LogP contribution in [-0.4, -0.2) is 29.5 Å². The fourth-order valence-corrected chi connectivity index (χ4v) is 3.48. The fourth-order valence-electron chi connectivity index (χ4n) is 2.63. The smallest absolute Gasteiger partial charge is 0.270 e. The third-order valence-corrected chi connectivity index (χ3v) is 5.19. The fraction of sp³-hybridized carbons (Fsp3) is 0.0909. The number of methoxy groups -OCH3 is 1. The normalized spacial score (nSPS) is 10.3. The van der Waals surface area contributed by atoms with Gasteiger partial charge in [-0.25, -0.2) is 0 Å². The number of benzene rings is 3. The Morgan fingerprint density at radius 3 is 2.43 bits per heavy atom. The van der Waals surface area contributed by atoms with E-state index in [0.29, 0.717) is 22.6 Å². The van der Waals surface area contributed by atoms with Crippen molar-refractivity contribution in [3.8, 4) is 5.75 Å². The van der Waals surface area contributed by atoms with Crippen molar-refractivity contribution in [3.05, 3.63) is 94.0 Å². The first kappa shape index (κ1) is 21.1. The van der Waals surface area contributed by atoms with Crippen LogP contribution in [0.15, 0.2) is 77.7 Å². The number of anilines is 1. The molecule has 0 bridgehead atoms. The van der Waals surface area contributed by atoms with Gasteiger partial charge in [-0.3, -0.25) is 19.7 Å². The first-order valence-electron chi connectivity index (χ1n) is 8.92. The molecule has 1 amide bonds. The number of Topliss-reactive ketones (excluding diaryl/α,β-unsaturated/α-hetero) is 1. The van der Waals surface area contributed by atoms with Gasteiger partial charge in [0, 0.05) is 33.8 Å². The Labute approximate surface area is 177 Å². The number of ether oxygens (including phenoxy) is 1. The summed E-state index contributed by atoms with van der Waals surface area (Å²) >= 11 is 1.29. The number of nitrogens with zero attached hydrogens (tertiary/aromatic N) is 1. The summed E-state index contributed by atoms with van der Waals surface area (Å²) in [6, 6.07) is 19.6. The Balaban J connectivity index is 1.62. The van der Waals surface area contributed by atoms with Gasteiger partial charge in [-0.1, -0.05) is 18.2 Å². The van der Waals surface area contributed by atoms with E-state index in [1.165, 1.54) is 30.0 Å². The van der Waals surface area contributed by atoms with Gasteiger partial charge < -0.3 is 10.1 Å².